The number of sulfone groups is 1. The second-order valence-electron chi connectivity index (χ2n) is 6.35. The molecule has 2 heterocycles. The number of amides is 1. The van der Waals surface area contributed by atoms with Gasteiger partial charge in [-0.3, -0.25) is 4.79 Å². The predicted molar refractivity (Wildman–Crippen MR) is 115 cm³/mol. The number of rotatable bonds is 7. The van der Waals surface area contributed by atoms with Crippen LogP contribution < -0.4 is 0 Å². The number of hydrogen-bond acceptors (Lipinski definition) is 5. The molecule has 1 aromatic heterocycles. The summed E-state index contributed by atoms with van der Waals surface area (Å²) in [7, 11) is -3.06. The van der Waals surface area contributed by atoms with Gasteiger partial charge in [-0.1, -0.05) is 35.3 Å². The van der Waals surface area contributed by atoms with Gasteiger partial charge in [0.2, 0.25) is 5.91 Å². The third kappa shape index (κ3) is 5.64. The van der Waals surface area contributed by atoms with Crippen molar-refractivity contribution in [3.05, 3.63) is 56.2 Å². The van der Waals surface area contributed by atoms with E-state index in [0.717, 1.165) is 10.4 Å². The van der Waals surface area contributed by atoms with Crippen molar-refractivity contribution in [3.63, 3.8) is 0 Å². The minimum absolute atomic E-state index is 0.0467. The summed E-state index contributed by atoms with van der Waals surface area (Å²) >= 11 is 15.4. The van der Waals surface area contributed by atoms with Crippen molar-refractivity contribution >= 4 is 62.0 Å². The summed E-state index contributed by atoms with van der Waals surface area (Å²) in [6.45, 7) is 0.449. The molecule has 0 bridgehead atoms. The van der Waals surface area contributed by atoms with Crippen molar-refractivity contribution < 1.29 is 13.2 Å². The van der Waals surface area contributed by atoms with Gasteiger partial charge in [-0.05, 0) is 35.6 Å². The molecule has 0 N–H and O–H groups in total. The maximum absolute atomic E-state index is 12.9. The summed E-state index contributed by atoms with van der Waals surface area (Å²) in [6, 6.07) is 8.98. The quantitative estimate of drug-likeness (QED) is 0.606. The van der Waals surface area contributed by atoms with Gasteiger partial charge in [-0.25, -0.2) is 8.42 Å². The molecule has 1 saturated heterocycles. The number of carbonyl (C=O) groups is 1. The topological polar surface area (TPSA) is 54.5 Å². The lowest BCUT2D eigenvalue weighted by molar-refractivity contribution is -0.130. The molecule has 146 valence electrons. The van der Waals surface area contributed by atoms with Gasteiger partial charge in [0.05, 0.1) is 23.8 Å². The molecule has 1 unspecified atom stereocenters. The Bertz CT molecular complexity index is 880. The monoisotopic (exact) mass is 463 g/mol. The standard InChI is InChI=1S/C18H19Cl2NO3S3/c19-16-4-1-5-17(20)15(16)10-25-11-18(22)21(9-14-3-2-7-26-14)13-6-8-27(23,24)12-13/h1-5,7,13H,6,8-12H2. The van der Waals surface area contributed by atoms with Gasteiger partial charge in [0.25, 0.3) is 0 Å². The highest BCUT2D eigenvalue weighted by molar-refractivity contribution is 7.99. The molecule has 1 aliphatic heterocycles. The van der Waals surface area contributed by atoms with Crippen LogP contribution in [0.25, 0.3) is 0 Å². The van der Waals surface area contributed by atoms with Gasteiger partial charge in [-0.15, -0.1) is 23.1 Å². The number of thioether (sulfide) groups is 1. The Morgan fingerprint density at radius 3 is 2.56 bits per heavy atom. The fourth-order valence-electron chi connectivity index (χ4n) is 3.01. The van der Waals surface area contributed by atoms with E-state index < -0.39 is 9.84 Å². The summed E-state index contributed by atoms with van der Waals surface area (Å²) in [6.07, 6.45) is 0.500. The van der Waals surface area contributed by atoms with Gasteiger partial charge in [0.15, 0.2) is 9.84 Å². The molecule has 0 saturated carbocycles. The Hall–Kier alpha value is -0.730. The summed E-state index contributed by atoms with van der Waals surface area (Å²) in [5, 5.41) is 3.12. The molecule has 1 amide bonds. The second kappa shape index (κ2) is 9.18. The van der Waals surface area contributed by atoms with E-state index in [-0.39, 0.29) is 29.2 Å². The lowest BCUT2D eigenvalue weighted by atomic mass is 10.2. The maximum Gasteiger partial charge on any atom is 0.233 e. The largest absolute Gasteiger partial charge is 0.333 e. The molecule has 2 aromatic rings. The molecule has 0 spiro atoms. The first-order chi connectivity index (χ1) is 12.9. The highest BCUT2D eigenvalue weighted by Crippen LogP contribution is 2.29. The Balaban J connectivity index is 1.65. The number of thiophene rings is 1. The SMILES string of the molecule is O=C(CSCc1c(Cl)cccc1Cl)N(Cc1cccs1)C1CCS(=O)(=O)C1. The van der Waals surface area contributed by atoms with Crippen molar-refractivity contribution in [1.82, 2.24) is 4.90 Å². The van der Waals surface area contributed by atoms with Crippen LogP contribution in [0.4, 0.5) is 0 Å². The Morgan fingerprint density at radius 1 is 1.22 bits per heavy atom. The van der Waals surface area contributed by atoms with Crippen LogP contribution in [0.2, 0.25) is 10.0 Å². The van der Waals surface area contributed by atoms with E-state index in [9.17, 15) is 13.2 Å². The Kier molecular flexibility index (Phi) is 7.14. The zero-order valence-corrected chi connectivity index (χ0v) is 18.4. The summed E-state index contributed by atoms with van der Waals surface area (Å²) in [5.74, 6) is 0.918. The van der Waals surface area contributed by atoms with E-state index in [0.29, 0.717) is 28.8 Å². The number of hydrogen-bond donors (Lipinski definition) is 0. The van der Waals surface area contributed by atoms with Crippen LogP contribution in [0.15, 0.2) is 35.7 Å². The van der Waals surface area contributed by atoms with Gasteiger partial charge >= 0.3 is 0 Å². The smallest absolute Gasteiger partial charge is 0.233 e. The van der Waals surface area contributed by atoms with Gasteiger partial charge in [0, 0.05) is 26.7 Å². The van der Waals surface area contributed by atoms with E-state index >= 15 is 0 Å². The maximum atomic E-state index is 12.9. The zero-order valence-electron chi connectivity index (χ0n) is 14.4. The van der Waals surface area contributed by atoms with Gasteiger partial charge < -0.3 is 4.90 Å². The molecule has 1 fully saturated rings. The van der Waals surface area contributed by atoms with Crippen LogP contribution in [0.3, 0.4) is 0 Å². The number of carbonyl (C=O) groups excluding carboxylic acids is 1. The van der Waals surface area contributed by atoms with E-state index in [1.54, 1.807) is 34.4 Å². The molecule has 0 aliphatic carbocycles. The number of benzene rings is 1. The Morgan fingerprint density at radius 2 is 1.96 bits per heavy atom. The van der Waals surface area contributed by atoms with Crippen LogP contribution in [-0.4, -0.2) is 42.5 Å². The van der Waals surface area contributed by atoms with E-state index in [1.807, 2.05) is 17.5 Å². The highest BCUT2D eigenvalue weighted by Gasteiger charge is 2.34. The third-order valence-corrected chi connectivity index (χ3v) is 8.67. The average Bonchev–Trinajstić information content (AvgIpc) is 3.24. The van der Waals surface area contributed by atoms with E-state index in [4.69, 9.17) is 23.2 Å². The molecule has 1 aromatic carbocycles. The summed E-state index contributed by atoms with van der Waals surface area (Å²) in [4.78, 5) is 15.6. The van der Waals surface area contributed by atoms with Crippen molar-refractivity contribution in [2.24, 2.45) is 0 Å². The van der Waals surface area contributed by atoms with Crippen LogP contribution in [0, 0.1) is 0 Å². The number of nitrogens with zero attached hydrogens (tertiary/aromatic N) is 1. The molecule has 3 rings (SSSR count). The minimum Gasteiger partial charge on any atom is -0.333 e. The molecule has 9 heteroatoms. The lowest BCUT2D eigenvalue weighted by Gasteiger charge is -2.28. The lowest BCUT2D eigenvalue weighted by Crippen LogP contribution is -2.41. The molecule has 0 radical (unpaired) electrons. The van der Waals surface area contributed by atoms with Crippen LogP contribution in [0.5, 0.6) is 0 Å². The average molecular weight is 464 g/mol. The predicted octanol–water partition coefficient (Wildman–Crippen LogP) is 4.50. The first-order valence-electron chi connectivity index (χ1n) is 8.38. The number of halogens is 2. The fraction of sp³-hybridized carbons (Fsp3) is 0.389. The van der Waals surface area contributed by atoms with Crippen molar-refractivity contribution in [2.75, 3.05) is 17.3 Å². The molecule has 1 aliphatic rings. The summed E-state index contributed by atoms with van der Waals surface area (Å²) in [5.41, 5.74) is 0.812. The molecule has 4 nitrogen and oxygen atoms in total. The normalized spacial score (nSPS) is 18.5. The second-order valence-corrected chi connectivity index (χ2v) is 11.4. The van der Waals surface area contributed by atoms with Crippen LogP contribution in [0.1, 0.15) is 16.9 Å². The van der Waals surface area contributed by atoms with E-state index in [2.05, 4.69) is 0 Å². The van der Waals surface area contributed by atoms with Gasteiger partial charge in [-0.2, -0.15) is 0 Å². The first-order valence-corrected chi connectivity index (χ1v) is 13.0. The molecule has 27 heavy (non-hydrogen) atoms. The first kappa shape index (κ1) is 21.0. The Labute approximate surface area is 177 Å². The highest BCUT2D eigenvalue weighted by atomic mass is 35.5. The molecule has 1 atom stereocenters. The van der Waals surface area contributed by atoms with Crippen LogP contribution in [-0.2, 0) is 26.9 Å². The van der Waals surface area contributed by atoms with Crippen molar-refractivity contribution in [2.45, 2.75) is 24.8 Å². The summed E-state index contributed by atoms with van der Waals surface area (Å²) < 4.78 is 23.7. The van der Waals surface area contributed by atoms with Crippen molar-refractivity contribution in [3.8, 4) is 0 Å². The van der Waals surface area contributed by atoms with Crippen LogP contribution >= 0.6 is 46.3 Å². The zero-order chi connectivity index (χ0) is 19.4. The molecular formula is C18H19Cl2NO3S3. The van der Waals surface area contributed by atoms with Crippen molar-refractivity contribution in [1.29, 1.82) is 0 Å². The fourth-order valence-corrected chi connectivity index (χ4v) is 7.09. The van der Waals surface area contributed by atoms with E-state index in [1.165, 1.54) is 11.8 Å². The third-order valence-electron chi connectivity index (χ3n) is 4.41. The van der Waals surface area contributed by atoms with Gasteiger partial charge in [0.1, 0.15) is 0 Å². The minimum atomic E-state index is -3.06. The molecular weight excluding hydrogens is 445 g/mol.